The first-order chi connectivity index (χ1) is 5.29. The molecule has 2 aliphatic carbocycles. The average Bonchev–Trinajstić information content (AvgIpc) is 2.30. The third-order valence-electron chi connectivity index (χ3n) is 2.33. The normalized spacial score (nSPS) is 35.4. The van der Waals surface area contributed by atoms with E-state index in [1.165, 1.54) is 0 Å². The zero-order valence-electron chi connectivity index (χ0n) is 6.09. The van der Waals surface area contributed by atoms with Crippen LogP contribution in [-0.4, -0.2) is 10.6 Å². The van der Waals surface area contributed by atoms with Crippen LogP contribution in [0.2, 0.25) is 0 Å². The number of halogens is 1. The molecule has 58 valence electrons. The highest BCUT2D eigenvalue weighted by Gasteiger charge is 2.35. The first kappa shape index (κ1) is 7.29. The van der Waals surface area contributed by atoms with Crippen molar-refractivity contribution in [2.45, 2.75) is 17.7 Å². The molecule has 1 saturated carbocycles. The third kappa shape index (κ3) is 1.09. The minimum atomic E-state index is 0.0821. The van der Waals surface area contributed by atoms with Crippen LogP contribution in [0.15, 0.2) is 23.8 Å². The number of hydrogen-bond acceptors (Lipinski definition) is 1. The van der Waals surface area contributed by atoms with Crippen molar-refractivity contribution in [2.24, 2.45) is 5.92 Å². The summed E-state index contributed by atoms with van der Waals surface area (Å²) in [4.78, 5) is 11.5. The summed E-state index contributed by atoms with van der Waals surface area (Å²) in [6.45, 7) is 0. The van der Waals surface area contributed by atoms with E-state index in [0.29, 0.717) is 11.7 Å². The van der Waals surface area contributed by atoms with Gasteiger partial charge in [-0.05, 0) is 24.3 Å². The van der Waals surface area contributed by atoms with Crippen LogP contribution < -0.4 is 0 Å². The molecule has 2 aliphatic rings. The molecule has 0 aliphatic heterocycles. The molecule has 0 aromatic heterocycles. The monoisotopic (exact) mass is 212 g/mol. The number of ketones is 1. The molecule has 0 saturated heterocycles. The molecular formula is C9H9BrO. The molecule has 0 aromatic rings. The largest absolute Gasteiger partial charge is 0.293 e. The predicted molar refractivity (Wildman–Crippen MR) is 47.7 cm³/mol. The molecule has 2 rings (SSSR count). The maximum Gasteiger partial charge on any atom is 0.172 e. The van der Waals surface area contributed by atoms with Crippen molar-refractivity contribution in [1.29, 1.82) is 0 Å². The summed E-state index contributed by atoms with van der Waals surface area (Å²) in [7, 11) is 0. The zero-order chi connectivity index (χ0) is 7.84. The number of carbonyl (C=O) groups is 1. The van der Waals surface area contributed by atoms with Gasteiger partial charge >= 0.3 is 0 Å². The molecule has 2 unspecified atom stereocenters. The Hall–Kier alpha value is -0.370. The lowest BCUT2D eigenvalue weighted by atomic mass is 9.95. The van der Waals surface area contributed by atoms with Crippen LogP contribution in [0, 0.1) is 5.92 Å². The Kier molecular flexibility index (Phi) is 1.72. The molecule has 1 nitrogen and oxygen atoms in total. The van der Waals surface area contributed by atoms with Gasteiger partial charge in [-0.1, -0.05) is 34.2 Å². The summed E-state index contributed by atoms with van der Waals surface area (Å²) >= 11 is 3.38. The average molecular weight is 213 g/mol. The topological polar surface area (TPSA) is 17.1 Å². The lowest BCUT2D eigenvalue weighted by molar-refractivity contribution is -0.114. The summed E-state index contributed by atoms with van der Waals surface area (Å²) < 4.78 is 0. The Bertz CT molecular complexity index is 252. The van der Waals surface area contributed by atoms with Gasteiger partial charge in [0.15, 0.2) is 5.78 Å². The van der Waals surface area contributed by atoms with E-state index in [2.05, 4.69) is 22.0 Å². The van der Waals surface area contributed by atoms with Crippen LogP contribution in [0.25, 0.3) is 0 Å². The number of alkyl halides is 1. The van der Waals surface area contributed by atoms with Crippen molar-refractivity contribution in [1.82, 2.24) is 0 Å². The van der Waals surface area contributed by atoms with Gasteiger partial charge in [-0.2, -0.15) is 0 Å². The highest BCUT2D eigenvalue weighted by molar-refractivity contribution is 9.10. The number of rotatable bonds is 0. The van der Waals surface area contributed by atoms with Gasteiger partial charge in [-0.25, -0.2) is 0 Å². The minimum absolute atomic E-state index is 0.0821. The van der Waals surface area contributed by atoms with Crippen molar-refractivity contribution < 1.29 is 4.79 Å². The van der Waals surface area contributed by atoms with E-state index in [9.17, 15) is 4.79 Å². The van der Waals surface area contributed by atoms with Gasteiger partial charge in [0.25, 0.3) is 0 Å². The minimum Gasteiger partial charge on any atom is -0.293 e. The lowest BCUT2D eigenvalue weighted by Crippen LogP contribution is -2.06. The van der Waals surface area contributed by atoms with Crippen molar-refractivity contribution in [3.63, 3.8) is 0 Å². The van der Waals surface area contributed by atoms with Crippen LogP contribution in [0.1, 0.15) is 12.8 Å². The second-order valence-corrected chi connectivity index (χ2v) is 4.16. The number of carbonyl (C=O) groups excluding carboxylic acids is 1. The first-order valence-electron chi connectivity index (χ1n) is 3.84. The number of fused-ring (bicyclic) bond motifs is 1. The van der Waals surface area contributed by atoms with Crippen LogP contribution in [-0.2, 0) is 4.79 Å². The maximum absolute atomic E-state index is 11.4. The van der Waals surface area contributed by atoms with E-state index < -0.39 is 0 Å². The van der Waals surface area contributed by atoms with E-state index in [4.69, 9.17) is 0 Å². The standard InChI is InChI=1S/C9H9BrO/c10-8-5-6-3-1-2-4-7(6)9(8)11/h1-2,4,6,8H,3,5H2. The van der Waals surface area contributed by atoms with E-state index in [1.54, 1.807) is 0 Å². The van der Waals surface area contributed by atoms with Crippen LogP contribution >= 0.6 is 15.9 Å². The Balaban J connectivity index is 2.33. The second kappa shape index (κ2) is 2.59. The molecule has 2 atom stereocenters. The summed E-state index contributed by atoms with van der Waals surface area (Å²) in [5, 5.41) is 0. The Labute approximate surface area is 74.3 Å². The van der Waals surface area contributed by atoms with Gasteiger partial charge in [-0.15, -0.1) is 0 Å². The third-order valence-corrected chi connectivity index (χ3v) is 3.12. The maximum atomic E-state index is 11.4. The van der Waals surface area contributed by atoms with Gasteiger partial charge in [0.1, 0.15) is 0 Å². The molecule has 0 amide bonds. The second-order valence-electron chi connectivity index (χ2n) is 3.05. The van der Waals surface area contributed by atoms with Gasteiger partial charge in [-0.3, -0.25) is 4.79 Å². The Morgan fingerprint density at radius 3 is 3.09 bits per heavy atom. The molecule has 0 N–H and O–H groups in total. The highest BCUT2D eigenvalue weighted by atomic mass is 79.9. The summed E-state index contributed by atoms with van der Waals surface area (Å²) in [6.07, 6.45) is 8.09. The van der Waals surface area contributed by atoms with Gasteiger partial charge in [0.2, 0.25) is 0 Å². The number of hydrogen-bond donors (Lipinski definition) is 0. The van der Waals surface area contributed by atoms with Crippen LogP contribution in [0.3, 0.4) is 0 Å². The molecule has 0 radical (unpaired) electrons. The number of Topliss-reactive ketones (excluding diaryl/α,β-unsaturated/α-hetero) is 1. The summed E-state index contributed by atoms with van der Waals surface area (Å²) in [6, 6.07) is 0. The Morgan fingerprint density at radius 1 is 1.55 bits per heavy atom. The molecule has 0 heterocycles. The molecule has 0 aromatic carbocycles. The smallest absolute Gasteiger partial charge is 0.172 e. The van der Waals surface area contributed by atoms with Crippen LogP contribution in [0.4, 0.5) is 0 Å². The fourth-order valence-electron chi connectivity index (χ4n) is 1.72. The summed E-state index contributed by atoms with van der Waals surface area (Å²) in [5.41, 5.74) is 1.02. The van der Waals surface area contributed by atoms with E-state index in [-0.39, 0.29) is 4.83 Å². The quantitative estimate of drug-likeness (QED) is 0.564. The van der Waals surface area contributed by atoms with E-state index >= 15 is 0 Å². The molecule has 2 heteroatoms. The fourth-order valence-corrected chi connectivity index (χ4v) is 2.44. The predicted octanol–water partition coefficient (Wildman–Crippen LogP) is 2.23. The van der Waals surface area contributed by atoms with Crippen molar-refractivity contribution in [2.75, 3.05) is 0 Å². The lowest BCUT2D eigenvalue weighted by Gasteiger charge is -2.09. The fraction of sp³-hybridized carbons (Fsp3) is 0.444. The zero-order valence-corrected chi connectivity index (χ0v) is 7.67. The van der Waals surface area contributed by atoms with Crippen LogP contribution in [0.5, 0.6) is 0 Å². The van der Waals surface area contributed by atoms with Crippen molar-refractivity contribution >= 4 is 21.7 Å². The van der Waals surface area contributed by atoms with Gasteiger partial charge in [0.05, 0.1) is 4.83 Å². The molecule has 0 spiro atoms. The van der Waals surface area contributed by atoms with Crippen molar-refractivity contribution in [3.05, 3.63) is 23.8 Å². The first-order valence-corrected chi connectivity index (χ1v) is 4.75. The van der Waals surface area contributed by atoms with E-state index in [0.717, 1.165) is 18.4 Å². The van der Waals surface area contributed by atoms with Gasteiger partial charge < -0.3 is 0 Å². The molecular weight excluding hydrogens is 204 g/mol. The molecule has 0 bridgehead atoms. The van der Waals surface area contributed by atoms with Crippen molar-refractivity contribution in [3.8, 4) is 0 Å². The SMILES string of the molecule is O=C1C2=CC=CCC2CC1Br. The number of allylic oxidation sites excluding steroid dienone is 4. The molecule has 1 fully saturated rings. The molecule has 11 heavy (non-hydrogen) atoms. The summed E-state index contributed by atoms with van der Waals surface area (Å²) in [5.74, 6) is 0.788. The Morgan fingerprint density at radius 2 is 2.36 bits per heavy atom. The van der Waals surface area contributed by atoms with E-state index in [1.807, 2.05) is 12.2 Å². The van der Waals surface area contributed by atoms with Gasteiger partial charge in [0, 0.05) is 0 Å². The highest BCUT2D eigenvalue weighted by Crippen LogP contribution is 2.36.